The fourth-order valence-electron chi connectivity index (χ4n) is 3.87. The van der Waals surface area contributed by atoms with Gasteiger partial charge in [-0.05, 0) is 58.4 Å². The molecule has 2 aliphatic rings. The third kappa shape index (κ3) is 3.65. The quantitative estimate of drug-likeness (QED) is 0.917. The van der Waals surface area contributed by atoms with E-state index < -0.39 is 0 Å². The molecule has 1 aromatic rings. The molecule has 2 saturated heterocycles. The average molecular weight is 287 g/mol. The zero-order valence-electron chi connectivity index (χ0n) is 13.5. The summed E-state index contributed by atoms with van der Waals surface area (Å²) in [5.41, 5.74) is 2.75. The van der Waals surface area contributed by atoms with Crippen molar-refractivity contribution < 1.29 is 0 Å². The van der Waals surface area contributed by atoms with Crippen LogP contribution in [0.4, 0.5) is 0 Å². The molecule has 1 N–H and O–H groups in total. The standard InChI is InChI=1S/C18H29N3/c1-15-6-8-16(9-7-15)18(19-2)14-20-10-4-12-21-11-3-5-17(21)13-20/h6-9,17-19H,3-5,10-14H2,1-2H3. The van der Waals surface area contributed by atoms with Crippen molar-refractivity contribution in [2.24, 2.45) is 0 Å². The van der Waals surface area contributed by atoms with Gasteiger partial charge in [0.25, 0.3) is 0 Å². The summed E-state index contributed by atoms with van der Waals surface area (Å²) in [6.07, 6.45) is 4.11. The van der Waals surface area contributed by atoms with E-state index in [1.807, 2.05) is 0 Å². The van der Waals surface area contributed by atoms with Gasteiger partial charge in [-0.1, -0.05) is 29.8 Å². The Morgan fingerprint density at radius 2 is 1.90 bits per heavy atom. The Morgan fingerprint density at radius 1 is 1.14 bits per heavy atom. The fourth-order valence-corrected chi connectivity index (χ4v) is 3.87. The van der Waals surface area contributed by atoms with Gasteiger partial charge in [0.05, 0.1) is 0 Å². The first kappa shape index (κ1) is 15.0. The van der Waals surface area contributed by atoms with Crippen molar-refractivity contribution in [1.29, 1.82) is 0 Å². The van der Waals surface area contributed by atoms with Gasteiger partial charge >= 0.3 is 0 Å². The van der Waals surface area contributed by atoms with Gasteiger partial charge in [0, 0.05) is 25.2 Å². The predicted octanol–water partition coefficient (Wildman–Crippen LogP) is 2.43. The molecule has 116 valence electrons. The second-order valence-corrected chi connectivity index (χ2v) is 6.70. The van der Waals surface area contributed by atoms with Crippen LogP contribution in [0.15, 0.2) is 24.3 Å². The minimum Gasteiger partial charge on any atom is -0.312 e. The number of benzene rings is 1. The lowest BCUT2D eigenvalue weighted by molar-refractivity contribution is 0.207. The summed E-state index contributed by atoms with van der Waals surface area (Å²) in [7, 11) is 2.09. The van der Waals surface area contributed by atoms with Crippen LogP contribution in [0.2, 0.25) is 0 Å². The largest absolute Gasteiger partial charge is 0.312 e. The molecule has 0 radical (unpaired) electrons. The zero-order valence-corrected chi connectivity index (χ0v) is 13.5. The fraction of sp³-hybridized carbons (Fsp3) is 0.667. The Hall–Kier alpha value is -0.900. The van der Waals surface area contributed by atoms with Crippen LogP contribution in [0.25, 0.3) is 0 Å². The van der Waals surface area contributed by atoms with E-state index in [1.54, 1.807) is 0 Å². The van der Waals surface area contributed by atoms with Gasteiger partial charge in [-0.3, -0.25) is 9.80 Å². The van der Waals surface area contributed by atoms with Crippen LogP contribution in [0.3, 0.4) is 0 Å². The summed E-state index contributed by atoms with van der Waals surface area (Å²) in [5.74, 6) is 0. The van der Waals surface area contributed by atoms with Crippen molar-refractivity contribution in [3.63, 3.8) is 0 Å². The third-order valence-electron chi connectivity index (χ3n) is 5.16. The van der Waals surface area contributed by atoms with Crippen molar-refractivity contribution in [3.05, 3.63) is 35.4 Å². The first-order chi connectivity index (χ1) is 10.3. The van der Waals surface area contributed by atoms with Crippen LogP contribution in [0.1, 0.15) is 36.4 Å². The summed E-state index contributed by atoms with van der Waals surface area (Å²) in [6, 6.07) is 10.2. The topological polar surface area (TPSA) is 18.5 Å². The molecule has 0 aromatic heterocycles. The van der Waals surface area contributed by atoms with Crippen LogP contribution in [-0.2, 0) is 0 Å². The molecule has 2 atom stereocenters. The van der Waals surface area contributed by atoms with E-state index in [1.165, 1.54) is 56.6 Å². The highest BCUT2D eigenvalue weighted by Crippen LogP contribution is 2.23. The molecule has 0 spiro atoms. The lowest BCUT2D eigenvalue weighted by Crippen LogP contribution is -2.40. The Kier molecular flexibility index (Phi) is 4.94. The molecule has 0 bridgehead atoms. The van der Waals surface area contributed by atoms with E-state index in [9.17, 15) is 0 Å². The molecule has 2 unspecified atom stereocenters. The molecule has 0 amide bonds. The number of aryl methyl sites for hydroxylation is 1. The van der Waals surface area contributed by atoms with E-state index in [-0.39, 0.29) is 0 Å². The second kappa shape index (κ2) is 6.91. The summed E-state index contributed by atoms with van der Waals surface area (Å²) in [5, 5.41) is 3.51. The maximum absolute atomic E-state index is 3.51. The lowest BCUT2D eigenvalue weighted by atomic mass is 10.0. The van der Waals surface area contributed by atoms with Crippen molar-refractivity contribution in [2.75, 3.05) is 39.8 Å². The smallest absolute Gasteiger partial charge is 0.0446 e. The number of hydrogen-bond donors (Lipinski definition) is 1. The SMILES string of the molecule is CNC(CN1CCCN2CCCC2C1)c1ccc(C)cc1. The lowest BCUT2D eigenvalue weighted by Gasteiger charge is -2.29. The Bertz CT molecular complexity index is 442. The summed E-state index contributed by atoms with van der Waals surface area (Å²) in [6.45, 7) is 8.41. The summed E-state index contributed by atoms with van der Waals surface area (Å²) < 4.78 is 0. The van der Waals surface area contributed by atoms with Crippen LogP contribution in [0, 0.1) is 6.92 Å². The van der Waals surface area contributed by atoms with Gasteiger partial charge in [-0.15, -0.1) is 0 Å². The average Bonchev–Trinajstić information content (AvgIpc) is 2.84. The zero-order chi connectivity index (χ0) is 14.7. The van der Waals surface area contributed by atoms with Crippen molar-refractivity contribution >= 4 is 0 Å². The Balaban J connectivity index is 1.64. The Morgan fingerprint density at radius 3 is 2.67 bits per heavy atom. The Labute approximate surface area is 129 Å². The van der Waals surface area contributed by atoms with Crippen LogP contribution >= 0.6 is 0 Å². The van der Waals surface area contributed by atoms with Gasteiger partial charge in [-0.25, -0.2) is 0 Å². The number of nitrogens with one attached hydrogen (secondary N) is 1. The number of fused-ring (bicyclic) bond motifs is 1. The van der Waals surface area contributed by atoms with E-state index in [0.717, 1.165) is 12.6 Å². The second-order valence-electron chi connectivity index (χ2n) is 6.70. The number of hydrogen-bond acceptors (Lipinski definition) is 3. The monoisotopic (exact) mass is 287 g/mol. The van der Waals surface area contributed by atoms with Crippen LogP contribution < -0.4 is 5.32 Å². The maximum atomic E-state index is 3.51. The van der Waals surface area contributed by atoms with Crippen molar-refractivity contribution in [1.82, 2.24) is 15.1 Å². The molecule has 2 aliphatic heterocycles. The van der Waals surface area contributed by atoms with Crippen molar-refractivity contribution in [3.8, 4) is 0 Å². The molecule has 3 rings (SSSR count). The minimum atomic E-state index is 0.443. The molecule has 2 fully saturated rings. The molecule has 0 aliphatic carbocycles. The molecular formula is C18H29N3. The van der Waals surface area contributed by atoms with Crippen LogP contribution in [0.5, 0.6) is 0 Å². The molecule has 3 nitrogen and oxygen atoms in total. The molecular weight excluding hydrogens is 258 g/mol. The summed E-state index contributed by atoms with van der Waals surface area (Å²) >= 11 is 0. The highest BCUT2D eigenvalue weighted by atomic mass is 15.3. The number of rotatable bonds is 4. The van der Waals surface area contributed by atoms with Gasteiger partial charge < -0.3 is 5.32 Å². The molecule has 1 aromatic carbocycles. The van der Waals surface area contributed by atoms with Gasteiger partial charge in [0.2, 0.25) is 0 Å². The van der Waals surface area contributed by atoms with Gasteiger partial charge in [0.15, 0.2) is 0 Å². The van der Waals surface area contributed by atoms with Crippen LogP contribution in [-0.4, -0.2) is 55.6 Å². The highest BCUT2D eigenvalue weighted by Gasteiger charge is 2.29. The molecule has 2 heterocycles. The van der Waals surface area contributed by atoms with E-state index in [4.69, 9.17) is 0 Å². The van der Waals surface area contributed by atoms with Gasteiger partial charge in [-0.2, -0.15) is 0 Å². The normalized spacial score (nSPS) is 25.5. The van der Waals surface area contributed by atoms with E-state index in [2.05, 4.69) is 53.4 Å². The predicted molar refractivity (Wildman–Crippen MR) is 88.6 cm³/mol. The first-order valence-electron chi connectivity index (χ1n) is 8.46. The first-order valence-corrected chi connectivity index (χ1v) is 8.46. The minimum absolute atomic E-state index is 0.443. The molecule has 3 heteroatoms. The van der Waals surface area contributed by atoms with E-state index >= 15 is 0 Å². The summed E-state index contributed by atoms with van der Waals surface area (Å²) in [4.78, 5) is 5.39. The molecule has 21 heavy (non-hydrogen) atoms. The third-order valence-corrected chi connectivity index (χ3v) is 5.16. The highest BCUT2D eigenvalue weighted by molar-refractivity contribution is 5.24. The van der Waals surface area contributed by atoms with Crippen molar-refractivity contribution in [2.45, 2.75) is 38.3 Å². The van der Waals surface area contributed by atoms with E-state index in [0.29, 0.717) is 6.04 Å². The van der Waals surface area contributed by atoms with Gasteiger partial charge in [0.1, 0.15) is 0 Å². The number of nitrogens with zero attached hydrogens (tertiary/aromatic N) is 2. The number of likely N-dealkylation sites (N-methyl/N-ethyl adjacent to an activating group) is 1. The maximum Gasteiger partial charge on any atom is 0.0446 e. The molecule has 0 saturated carbocycles.